The number of carboxylic acids is 1. The molecular formula is C17H20FNO3. The van der Waals surface area contributed by atoms with Crippen molar-refractivity contribution >= 4 is 11.9 Å². The van der Waals surface area contributed by atoms with Gasteiger partial charge in [0.25, 0.3) is 0 Å². The molecule has 0 aromatic heterocycles. The smallest absolute Gasteiger partial charge is 0.307 e. The zero-order chi connectivity index (χ0) is 15.7. The van der Waals surface area contributed by atoms with Gasteiger partial charge < -0.3 is 10.4 Å². The van der Waals surface area contributed by atoms with Crippen LogP contribution in [0.1, 0.15) is 31.2 Å². The second kappa shape index (κ2) is 6.07. The number of carboxylic acid groups (broad SMARTS) is 1. The van der Waals surface area contributed by atoms with Crippen molar-refractivity contribution < 1.29 is 19.1 Å². The van der Waals surface area contributed by atoms with Gasteiger partial charge in [-0.05, 0) is 55.2 Å². The summed E-state index contributed by atoms with van der Waals surface area (Å²) in [5.41, 5.74) is 0.808. The Balaban J connectivity index is 1.67. The molecule has 5 heteroatoms. The highest BCUT2D eigenvalue weighted by atomic mass is 19.1. The Hall–Kier alpha value is -1.91. The fourth-order valence-electron chi connectivity index (χ4n) is 4.09. The standard InChI is InChI=1S/C17H20FNO3/c18-13-7-1-10(2-8-13)9-19-16(20)14-11-3-5-12(6-4-11)15(14)17(21)22/h1-2,7-8,11-12,14-15H,3-6,9H2,(H,19,20)(H,21,22). The molecule has 1 aromatic rings. The van der Waals surface area contributed by atoms with Crippen LogP contribution >= 0.6 is 0 Å². The van der Waals surface area contributed by atoms with Crippen molar-refractivity contribution in [3.63, 3.8) is 0 Å². The Labute approximate surface area is 128 Å². The quantitative estimate of drug-likeness (QED) is 0.898. The maximum absolute atomic E-state index is 12.9. The lowest BCUT2D eigenvalue weighted by atomic mass is 9.58. The molecule has 3 aliphatic rings. The molecule has 3 saturated carbocycles. The first-order valence-corrected chi connectivity index (χ1v) is 7.81. The highest BCUT2D eigenvalue weighted by molar-refractivity contribution is 5.85. The molecule has 2 atom stereocenters. The lowest BCUT2D eigenvalue weighted by Gasteiger charge is -2.45. The van der Waals surface area contributed by atoms with Gasteiger partial charge in [-0.1, -0.05) is 12.1 Å². The van der Waals surface area contributed by atoms with Crippen molar-refractivity contribution in [1.82, 2.24) is 5.32 Å². The van der Waals surface area contributed by atoms with Crippen molar-refractivity contribution in [2.24, 2.45) is 23.7 Å². The molecule has 0 radical (unpaired) electrons. The summed E-state index contributed by atoms with van der Waals surface area (Å²) >= 11 is 0. The average molecular weight is 305 g/mol. The van der Waals surface area contributed by atoms with Gasteiger partial charge in [-0.15, -0.1) is 0 Å². The zero-order valence-corrected chi connectivity index (χ0v) is 12.3. The van der Waals surface area contributed by atoms with Crippen LogP contribution in [0.5, 0.6) is 0 Å². The molecule has 3 fully saturated rings. The first-order valence-electron chi connectivity index (χ1n) is 7.81. The van der Waals surface area contributed by atoms with E-state index in [0.29, 0.717) is 6.54 Å². The van der Waals surface area contributed by atoms with Crippen molar-refractivity contribution in [3.8, 4) is 0 Å². The van der Waals surface area contributed by atoms with E-state index in [0.717, 1.165) is 31.2 Å². The number of hydrogen-bond acceptors (Lipinski definition) is 2. The molecule has 1 amide bonds. The van der Waals surface area contributed by atoms with E-state index >= 15 is 0 Å². The van der Waals surface area contributed by atoms with Gasteiger partial charge >= 0.3 is 5.97 Å². The van der Waals surface area contributed by atoms with Crippen LogP contribution in [-0.2, 0) is 16.1 Å². The molecule has 2 N–H and O–H groups in total. The summed E-state index contributed by atoms with van der Waals surface area (Å²) in [5, 5.41) is 12.3. The molecule has 4 rings (SSSR count). The monoisotopic (exact) mass is 305 g/mol. The van der Waals surface area contributed by atoms with E-state index in [1.54, 1.807) is 12.1 Å². The Morgan fingerprint density at radius 1 is 1.05 bits per heavy atom. The van der Waals surface area contributed by atoms with Crippen LogP contribution in [0.3, 0.4) is 0 Å². The molecule has 2 bridgehead atoms. The fourth-order valence-corrected chi connectivity index (χ4v) is 4.09. The molecule has 0 saturated heterocycles. The van der Waals surface area contributed by atoms with Crippen molar-refractivity contribution in [1.29, 1.82) is 0 Å². The molecular weight excluding hydrogens is 285 g/mol. The van der Waals surface area contributed by atoms with Crippen LogP contribution < -0.4 is 5.32 Å². The van der Waals surface area contributed by atoms with Gasteiger partial charge in [0.2, 0.25) is 5.91 Å². The van der Waals surface area contributed by atoms with Gasteiger partial charge in [-0.2, -0.15) is 0 Å². The Morgan fingerprint density at radius 3 is 2.14 bits per heavy atom. The van der Waals surface area contributed by atoms with Gasteiger partial charge in [0.15, 0.2) is 0 Å². The molecule has 22 heavy (non-hydrogen) atoms. The minimum atomic E-state index is -0.851. The molecule has 3 aliphatic carbocycles. The van der Waals surface area contributed by atoms with Gasteiger partial charge in [-0.3, -0.25) is 9.59 Å². The number of halogens is 1. The summed E-state index contributed by atoms with van der Waals surface area (Å²) in [4.78, 5) is 24.0. The fraction of sp³-hybridized carbons (Fsp3) is 0.529. The number of carbonyl (C=O) groups excluding carboxylic acids is 1. The molecule has 1 aromatic carbocycles. The van der Waals surface area contributed by atoms with Crippen LogP contribution in [0.4, 0.5) is 4.39 Å². The first-order chi connectivity index (χ1) is 10.6. The minimum absolute atomic E-state index is 0.129. The third-order valence-electron chi connectivity index (χ3n) is 5.19. The van der Waals surface area contributed by atoms with Gasteiger partial charge in [0.1, 0.15) is 5.82 Å². The predicted molar refractivity (Wildman–Crippen MR) is 78.3 cm³/mol. The van der Waals surface area contributed by atoms with E-state index < -0.39 is 17.8 Å². The number of amides is 1. The molecule has 0 aliphatic heterocycles. The highest BCUT2D eigenvalue weighted by Crippen LogP contribution is 2.49. The number of carbonyl (C=O) groups is 2. The van der Waals surface area contributed by atoms with E-state index in [1.807, 2.05) is 0 Å². The Morgan fingerprint density at radius 2 is 1.59 bits per heavy atom. The van der Waals surface area contributed by atoms with Crippen molar-refractivity contribution in [2.75, 3.05) is 0 Å². The number of hydrogen-bond donors (Lipinski definition) is 2. The maximum atomic E-state index is 12.9. The number of nitrogens with one attached hydrogen (secondary N) is 1. The second-order valence-electron chi connectivity index (χ2n) is 6.41. The second-order valence-corrected chi connectivity index (χ2v) is 6.41. The normalized spacial score (nSPS) is 30.0. The van der Waals surface area contributed by atoms with Crippen LogP contribution in [-0.4, -0.2) is 17.0 Å². The maximum Gasteiger partial charge on any atom is 0.307 e. The SMILES string of the molecule is O=C(O)C1C2CCC(CC2)C1C(=O)NCc1ccc(F)cc1. The van der Waals surface area contributed by atoms with E-state index in [1.165, 1.54) is 12.1 Å². The summed E-state index contributed by atoms with van der Waals surface area (Å²) in [6.07, 6.45) is 3.74. The molecule has 2 unspecified atom stereocenters. The number of fused-ring (bicyclic) bond motifs is 3. The van der Waals surface area contributed by atoms with Gasteiger partial charge in [0, 0.05) is 6.54 Å². The van der Waals surface area contributed by atoms with Gasteiger partial charge in [0.05, 0.1) is 11.8 Å². The summed E-state index contributed by atoms with van der Waals surface area (Å²) < 4.78 is 12.9. The third-order valence-corrected chi connectivity index (χ3v) is 5.19. The minimum Gasteiger partial charge on any atom is -0.481 e. The average Bonchev–Trinajstić information content (AvgIpc) is 2.54. The highest BCUT2D eigenvalue weighted by Gasteiger charge is 2.50. The topological polar surface area (TPSA) is 66.4 Å². The molecule has 0 heterocycles. The molecule has 4 nitrogen and oxygen atoms in total. The number of rotatable bonds is 4. The molecule has 0 spiro atoms. The van der Waals surface area contributed by atoms with Crippen LogP contribution in [0, 0.1) is 29.5 Å². The summed E-state index contributed by atoms with van der Waals surface area (Å²) in [6, 6.07) is 5.95. The summed E-state index contributed by atoms with van der Waals surface area (Å²) in [6.45, 7) is 0.305. The van der Waals surface area contributed by atoms with E-state index in [9.17, 15) is 19.1 Å². The third kappa shape index (κ3) is 2.85. The Kier molecular flexibility index (Phi) is 4.14. The summed E-state index contributed by atoms with van der Waals surface area (Å²) in [5.74, 6) is -2.01. The number of benzene rings is 1. The Bertz CT molecular complexity index is 564. The first kappa shape index (κ1) is 15.0. The van der Waals surface area contributed by atoms with E-state index in [-0.39, 0.29) is 23.6 Å². The predicted octanol–water partition coefficient (Wildman–Crippen LogP) is 2.58. The van der Waals surface area contributed by atoms with Crippen LogP contribution in [0.15, 0.2) is 24.3 Å². The van der Waals surface area contributed by atoms with Crippen molar-refractivity contribution in [3.05, 3.63) is 35.6 Å². The molecule has 118 valence electrons. The van der Waals surface area contributed by atoms with E-state index in [2.05, 4.69) is 5.32 Å². The largest absolute Gasteiger partial charge is 0.481 e. The lowest BCUT2D eigenvalue weighted by molar-refractivity contribution is -0.158. The lowest BCUT2D eigenvalue weighted by Crippen LogP contribution is -2.50. The van der Waals surface area contributed by atoms with Crippen LogP contribution in [0.25, 0.3) is 0 Å². The zero-order valence-electron chi connectivity index (χ0n) is 12.3. The van der Waals surface area contributed by atoms with Crippen LogP contribution in [0.2, 0.25) is 0 Å². The van der Waals surface area contributed by atoms with E-state index in [4.69, 9.17) is 0 Å². The number of aliphatic carboxylic acids is 1. The van der Waals surface area contributed by atoms with Crippen molar-refractivity contribution in [2.45, 2.75) is 32.2 Å². The summed E-state index contributed by atoms with van der Waals surface area (Å²) in [7, 11) is 0. The van der Waals surface area contributed by atoms with Gasteiger partial charge in [-0.25, -0.2) is 4.39 Å².